The molecule has 0 radical (unpaired) electrons. The number of carbonyl (C=O) groups is 2. The lowest BCUT2D eigenvalue weighted by Gasteiger charge is -2.34. The van der Waals surface area contributed by atoms with Crippen LogP contribution in [0.4, 0.5) is 11.4 Å². The van der Waals surface area contributed by atoms with Crippen LogP contribution in [-0.4, -0.2) is 37.6 Å². The van der Waals surface area contributed by atoms with Gasteiger partial charge in [-0.3, -0.25) is 9.59 Å². The van der Waals surface area contributed by atoms with Crippen LogP contribution >= 0.6 is 11.6 Å². The van der Waals surface area contributed by atoms with Gasteiger partial charge in [0, 0.05) is 35.5 Å². The van der Waals surface area contributed by atoms with Crippen LogP contribution in [0.3, 0.4) is 0 Å². The molecule has 0 unspecified atom stereocenters. The van der Waals surface area contributed by atoms with Gasteiger partial charge in [-0.15, -0.1) is 0 Å². The van der Waals surface area contributed by atoms with Gasteiger partial charge in [-0.05, 0) is 74.1 Å². The molecule has 0 aromatic heterocycles. The van der Waals surface area contributed by atoms with Crippen molar-refractivity contribution in [2.75, 3.05) is 29.9 Å². The first kappa shape index (κ1) is 24.4. The molecule has 1 saturated carbocycles. The Balaban J connectivity index is 1.46. The number of piperidine rings is 1. The molecular formula is C27H34ClN3O3. The second-order valence-electron chi connectivity index (χ2n) is 9.50. The Hall–Kier alpha value is -2.73. The van der Waals surface area contributed by atoms with E-state index in [9.17, 15) is 9.59 Å². The number of carbonyl (C=O) groups excluding carboxylic acids is 2. The molecule has 0 bridgehead atoms. The molecule has 6 nitrogen and oxygen atoms in total. The molecule has 1 heterocycles. The summed E-state index contributed by atoms with van der Waals surface area (Å²) in [6.07, 6.45) is 7.84. The fraction of sp³-hybridized carbons (Fsp3) is 0.481. The number of rotatable bonds is 7. The van der Waals surface area contributed by atoms with Gasteiger partial charge < -0.3 is 20.3 Å². The third-order valence-electron chi connectivity index (χ3n) is 6.77. The monoisotopic (exact) mass is 483 g/mol. The van der Waals surface area contributed by atoms with Crippen molar-refractivity contribution < 1.29 is 14.3 Å². The van der Waals surface area contributed by atoms with E-state index in [1.165, 1.54) is 6.42 Å². The van der Waals surface area contributed by atoms with Crippen LogP contribution < -0.4 is 20.3 Å². The van der Waals surface area contributed by atoms with Crippen molar-refractivity contribution in [1.82, 2.24) is 5.32 Å². The van der Waals surface area contributed by atoms with Crippen molar-refractivity contribution in [2.24, 2.45) is 5.92 Å². The molecule has 2 aromatic rings. The van der Waals surface area contributed by atoms with Crippen LogP contribution in [0.5, 0.6) is 5.75 Å². The first-order valence-electron chi connectivity index (χ1n) is 12.4. The van der Waals surface area contributed by atoms with Crippen molar-refractivity contribution in [2.45, 2.75) is 57.9 Å². The highest BCUT2D eigenvalue weighted by atomic mass is 35.5. The quantitative estimate of drug-likeness (QED) is 0.533. The topological polar surface area (TPSA) is 70.7 Å². The van der Waals surface area contributed by atoms with Crippen LogP contribution in [-0.2, 0) is 4.79 Å². The molecule has 0 atom stereocenters. The van der Waals surface area contributed by atoms with E-state index in [0.29, 0.717) is 27.9 Å². The smallest absolute Gasteiger partial charge is 0.262 e. The van der Waals surface area contributed by atoms with Gasteiger partial charge in [0.15, 0.2) is 6.61 Å². The molecular weight excluding hydrogens is 450 g/mol. The van der Waals surface area contributed by atoms with Gasteiger partial charge in [0.05, 0.1) is 5.56 Å². The van der Waals surface area contributed by atoms with E-state index in [1.54, 1.807) is 30.3 Å². The molecule has 1 aliphatic heterocycles. The van der Waals surface area contributed by atoms with E-state index >= 15 is 0 Å². The van der Waals surface area contributed by atoms with E-state index in [2.05, 4.69) is 22.5 Å². The molecule has 4 rings (SSSR count). The van der Waals surface area contributed by atoms with Gasteiger partial charge in [-0.1, -0.05) is 37.8 Å². The Bertz CT molecular complexity index is 981. The molecule has 0 spiro atoms. The van der Waals surface area contributed by atoms with Crippen LogP contribution in [0.25, 0.3) is 0 Å². The number of benzene rings is 2. The standard InChI is InChI=1S/C27H34ClN3O3/c1-19-13-15-31(16-14-19)25-12-9-22(17-24(25)27(33)30-21-5-3-2-4-6-21)29-26(32)18-34-23-10-7-20(28)8-11-23/h7-12,17,19,21H,2-6,13-16,18H2,1H3,(H,29,32)(H,30,33). The number of halogens is 1. The Labute approximate surface area is 207 Å². The van der Waals surface area contributed by atoms with Crippen molar-refractivity contribution in [3.8, 4) is 5.75 Å². The normalized spacial score (nSPS) is 17.3. The second kappa shape index (κ2) is 11.6. The molecule has 182 valence electrons. The molecule has 2 fully saturated rings. The summed E-state index contributed by atoms with van der Waals surface area (Å²) < 4.78 is 5.54. The number of ether oxygens (including phenoxy) is 1. The summed E-state index contributed by atoms with van der Waals surface area (Å²) in [4.78, 5) is 28.1. The van der Waals surface area contributed by atoms with Gasteiger partial charge in [0.2, 0.25) is 0 Å². The molecule has 2 aromatic carbocycles. The summed E-state index contributed by atoms with van der Waals surface area (Å²) in [5.41, 5.74) is 2.15. The summed E-state index contributed by atoms with van der Waals surface area (Å²) >= 11 is 5.89. The summed E-state index contributed by atoms with van der Waals surface area (Å²) in [5.74, 6) is 0.930. The average molecular weight is 484 g/mol. The average Bonchev–Trinajstić information content (AvgIpc) is 2.85. The van der Waals surface area contributed by atoms with E-state index in [4.69, 9.17) is 16.3 Å². The number of hydrogen-bond acceptors (Lipinski definition) is 4. The fourth-order valence-electron chi connectivity index (χ4n) is 4.71. The lowest BCUT2D eigenvalue weighted by atomic mass is 9.95. The number of amides is 2. The zero-order chi connectivity index (χ0) is 23.9. The van der Waals surface area contributed by atoms with Crippen molar-refractivity contribution in [1.29, 1.82) is 0 Å². The maximum atomic E-state index is 13.3. The lowest BCUT2D eigenvalue weighted by Crippen LogP contribution is -2.38. The van der Waals surface area contributed by atoms with Crippen LogP contribution in [0.1, 0.15) is 62.2 Å². The van der Waals surface area contributed by atoms with Crippen LogP contribution in [0.15, 0.2) is 42.5 Å². The van der Waals surface area contributed by atoms with E-state index < -0.39 is 0 Å². The Kier molecular flexibility index (Phi) is 8.33. The zero-order valence-electron chi connectivity index (χ0n) is 19.8. The fourth-order valence-corrected chi connectivity index (χ4v) is 4.83. The first-order valence-corrected chi connectivity index (χ1v) is 12.7. The predicted octanol–water partition coefficient (Wildman–Crippen LogP) is 5.66. The summed E-state index contributed by atoms with van der Waals surface area (Å²) in [6.45, 7) is 4.02. The Morgan fingerprint density at radius 1 is 1.00 bits per heavy atom. The summed E-state index contributed by atoms with van der Waals surface area (Å²) in [5, 5.41) is 6.72. The highest BCUT2D eigenvalue weighted by Gasteiger charge is 2.24. The highest BCUT2D eigenvalue weighted by Crippen LogP contribution is 2.29. The minimum absolute atomic E-state index is 0.0611. The number of anilines is 2. The van der Waals surface area contributed by atoms with E-state index in [-0.39, 0.29) is 24.5 Å². The molecule has 1 saturated heterocycles. The highest BCUT2D eigenvalue weighted by molar-refractivity contribution is 6.30. The van der Waals surface area contributed by atoms with Gasteiger partial charge in [0.25, 0.3) is 11.8 Å². The molecule has 2 aliphatic rings. The van der Waals surface area contributed by atoms with Crippen molar-refractivity contribution >= 4 is 34.8 Å². The van der Waals surface area contributed by atoms with Gasteiger partial charge in [0.1, 0.15) is 5.75 Å². The van der Waals surface area contributed by atoms with Crippen LogP contribution in [0, 0.1) is 5.92 Å². The molecule has 1 aliphatic carbocycles. The molecule has 2 amide bonds. The maximum Gasteiger partial charge on any atom is 0.262 e. The minimum atomic E-state index is -0.284. The number of nitrogens with zero attached hydrogens (tertiary/aromatic N) is 1. The lowest BCUT2D eigenvalue weighted by molar-refractivity contribution is -0.118. The van der Waals surface area contributed by atoms with Crippen molar-refractivity contribution in [3.05, 3.63) is 53.1 Å². The molecule has 2 N–H and O–H groups in total. The summed E-state index contributed by atoms with van der Waals surface area (Å²) in [7, 11) is 0. The SMILES string of the molecule is CC1CCN(c2ccc(NC(=O)COc3ccc(Cl)cc3)cc2C(=O)NC2CCCCC2)CC1. The third-order valence-corrected chi connectivity index (χ3v) is 7.03. The van der Waals surface area contributed by atoms with E-state index in [1.807, 2.05) is 12.1 Å². The van der Waals surface area contributed by atoms with Gasteiger partial charge in [-0.25, -0.2) is 0 Å². The molecule has 7 heteroatoms. The zero-order valence-corrected chi connectivity index (χ0v) is 20.6. The number of hydrogen-bond donors (Lipinski definition) is 2. The largest absolute Gasteiger partial charge is 0.484 e. The molecule has 34 heavy (non-hydrogen) atoms. The summed E-state index contributed by atoms with van der Waals surface area (Å²) in [6, 6.07) is 12.7. The van der Waals surface area contributed by atoms with E-state index in [0.717, 1.165) is 57.3 Å². The predicted molar refractivity (Wildman–Crippen MR) is 137 cm³/mol. The van der Waals surface area contributed by atoms with Gasteiger partial charge in [-0.2, -0.15) is 0 Å². The maximum absolute atomic E-state index is 13.3. The first-order chi connectivity index (χ1) is 16.5. The minimum Gasteiger partial charge on any atom is -0.484 e. The second-order valence-corrected chi connectivity index (χ2v) is 9.94. The Morgan fingerprint density at radius 2 is 1.71 bits per heavy atom. The Morgan fingerprint density at radius 3 is 2.41 bits per heavy atom. The third kappa shape index (κ3) is 6.66. The van der Waals surface area contributed by atoms with Crippen LogP contribution in [0.2, 0.25) is 5.02 Å². The number of nitrogens with one attached hydrogen (secondary N) is 2. The van der Waals surface area contributed by atoms with Crippen molar-refractivity contribution in [3.63, 3.8) is 0 Å². The van der Waals surface area contributed by atoms with Gasteiger partial charge >= 0.3 is 0 Å².